The van der Waals surface area contributed by atoms with E-state index in [2.05, 4.69) is 29.1 Å². The van der Waals surface area contributed by atoms with Gasteiger partial charge >= 0.3 is 0 Å². The van der Waals surface area contributed by atoms with Crippen molar-refractivity contribution in [2.75, 3.05) is 19.8 Å². The van der Waals surface area contributed by atoms with Crippen molar-refractivity contribution in [2.45, 2.75) is 38.6 Å². The fourth-order valence-corrected chi connectivity index (χ4v) is 3.13. The molecule has 2 atom stereocenters. The van der Waals surface area contributed by atoms with Gasteiger partial charge in [-0.15, -0.1) is 0 Å². The Bertz CT molecular complexity index is 293. The van der Waals surface area contributed by atoms with Gasteiger partial charge < -0.3 is 10.1 Å². The van der Waals surface area contributed by atoms with Gasteiger partial charge in [0.25, 0.3) is 0 Å². The summed E-state index contributed by atoms with van der Waals surface area (Å²) in [4.78, 5) is 0. The van der Waals surface area contributed by atoms with Crippen LogP contribution in [0.3, 0.4) is 0 Å². The molecule has 0 bridgehead atoms. The molecule has 96 valence electrons. The number of thiophene rings is 1. The van der Waals surface area contributed by atoms with Crippen molar-refractivity contribution in [3.63, 3.8) is 0 Å². The first-order valence-corrected chi connectivity index (χ1v) is 7.65. The third-order valence-corrected chi connectivity index (χ3v) is 4.12. The molecule has 1 aliphatic rings. The largest absolute Gasteiger partial charge is 0.381 e. The van der Waals surface area contributed by atoms with Crippen LogP contribution in [0.25, 0.3) is 0 Å². The molecule has 0 aromatic carbocycles. The highest BCUT2D eigenvalue weighted by Gasteiger charge is 2.20. The van der Waals surface area contributed by atoms with Crippen LogP contribution in [0.1, 0.15) is 31.7 Å². The summed E-state index contributed by atoms with van der Waals surface area (Å²) < 4.78 is 5.47. The van der Waals surface area contributed by atoms with Crippen LogP contribution in [-0.4, -0.2) is 25.8 Å². The molecule has 1 aromatic heterocycles. The number of hydrogen-bond acceptors (Lipinski definition) is 3. The third kappa shape index (κ3) is 4.41. The number of hydrogen-bond donors (Lipinski definition) is 1. The molecule has 1 fully saturated rings. The second kappa shape index (κ2) is 7.14. The molecule has 1 N–H and O–H groups in total. The van der Waals surface area contributed by atoms with Crippen molar-refractivity contribution in [3.8, 4) is 0 Å². The highest BCUT2D eigenvalue weighted by Crippen LogP contribution is 2.20. The molecule has 2 nitrogen and oxygen atoms in total. The summed E-state index contributed by atoms with van der Waals surface area (Å²) in [6.45, 7) is 5.28. The maximum Gasteiger partial charge on any atom is 0.0495 e. The molecule has 17 heavy (non-hydrogen) atoms. The highest BCUT2D eigenvalue weighted by molar-refractivity contribution is 7.07. The normalized spacial score (nSPS) is 21.8. The van der Waals surface area contributed by atoms with Crippen LogP contribution < -0.4 is 5.32 Å². The smallest absolute Gasteiger partial charge is 0.0495 e. The molecule has 0 aliphatic carbocycles. The summed E-state index contributed by atoms with van der Waals surface area (Å²) in [6.07, 6.45) is 4.88. The SMILES string of the molecule is CCCNC(Cc1ccsc1)CC1CCOC1. The predicted molar refractivity (Wildman–Crippen MR) is 73.6 cm³/mol. The van der Waals surface area contributed by atoms with E-state index < -0.39 is 0 Å². The molecule has 0 amide bonds. The zero-order valence-electron chi connectivity index (χ0n) is 10.7. The van der Waals surface area contributed by atoms with E-state index in [1.807, 2.05) is 0 Å². The first kappa shape index (κ1) is 13.1. The lowest BCUT2D eigenvalue weighted by molar-refractivity contribution is 0.181. The van der Waals surface area contributed by atoms with Gasteiger partial charge in [-0.2, -0.15) is 11.3 Å². The van der Waals surface area contributed by atoms with Crippen molar-refractivity contribution in [2.24, 2.45) is 5.92 Å². The summed E-state index contributed by atoms with van der Waals surface area (Å²) in [5.41, 5.74) is 1.47. The lowest BCUT2D eigenvalue weighted by Crippen LogP contribution is -2.33. The van der Waals surface area contributed by atoms with E-state index >= 15 is 0 Å². The molecule has 1 aromatic rings. The zero-order valence-corrected chi connectivity index (χ0v) is 11.5. The molecular formula is C14H23NOS. The summed E-state index contributed by atoms with van der Waals surface area (Å²) in [5.74, 6) is 0.767. The predicted octanol–water partition coefficient (Wildman–Crippen LogP) is 3.09. The lowest BCUT2D eigenvalue weighted by atomic mass is 9.95. The van der Waals surface area contributed by atoms with Gasteiger partial charge in [-0.3, -0.25) is 0 Å². The summed E-state index contributed by atoms with van der Waals surface area (Å²) in [6, 6.07) is 2.87. The Hall–Kier alpha value is -0.380. The first-order chi connectivity index (χ1) is 8.38. The molecular weight excluding hydrogens is 230 g/mol. The second-order valence-electron chi connectivity index (χ2n) is 4.95. The van der Waals surface area contributed by atoms with Gasteiger partial charge in [-0.05, 0) is 60.5 Å². The van der Waals surface area contributed by atoms with Crippen LogP contribution in [0.5, 0.6) is 0 Å². The van der Waals surface area contributed by atoms with Crippen LogP contribution in [0.4, 0.5) is 0 Å². The second-order valence-corrected chi connectivity index (χ2v) is 5.73. The van der Waals surface area contributed by atoms with E-state index in [-0.39, 0.29) is 0 Å². The van der Waals surface area contributed by atoms with Gasteiger partial charge in [-0.1, -0.05) is 6.92 Å². The topological polar surface area (TPSA) is 21.3 Å². The van der Waals surface area contributed by atoms with E-state index in [0.29, 0.717) is 6.04 Å². The van der Waals surface area contributed by atoms with Crippen LogP contribution in [-0.2, 0) is 11.2 Å². The van der Waals surface area contributed by atoms with Crippen molar-refractivity contribution in [3.05, 3.63) is 22.4 Å². The summed E-state index contributed by atoms with van der Waals surface area (Å²) >= 11 is 1.80. The highest BCUT2D eigenvalue weighted by atomic mass is 32.1. The Morgan fingerprint density at radius 2 is 2.53 bits per heavy atom. The van der Waals surface area contributed by atoms with Crippen molar-refractivity contribution < 1.29 is 4.74 Å². The number of ether oxygens (including phenoxy) is 1. The van der Waals surface area contributed by atoms with Crippen LogP contribution >= 0.6 is 11.3 Å². The molecule has 1 saturated heterocycles. The van der Waals surface area contributed by atoms with Gasteiger partial charge in [0.2, 0.25) is 0 Å². The van der Waals surface area contributed by atoms with Gasteiger partial charge in [0, 0.05) is 19.3 Å². The van der Waals surface area contributed by atoms with E-state index in [4.69, 9.17) is 4.74 Å². The molecule has 3 heteroatoms. The molecule has 0 spiro atoms. The number of nitrogens with one attached hydrogen (secondary N) is 1. The van der Waals surface area contributed by atoms with Gasteiger partial charge in [-0.25, -0.2) is 0 Å². The van der Waals surface area contributed by atoms with E-state index in [0.717, 1.165) is 25.7 Å². The zero-order chi connectivity index (χ0) is 11.9. The average molecular weight is 253 g/mol. The standard InChI is InChI=1S/C14H23NOS/c1-2-5-15-14(8-12-3-6-16-10-12)9-13-4-7-17-11-13/h4,7,11-12,14-15H,2-3,5-6,8-10H2,1H3. The Balaban J connectivity index is 1.83. The van der Waals surface area contributed by atoms with Crippen molar-refractivity contribution in [1.82, 2.24) is 5.32 Å². The van der Waals surface area contributed by atoms with Crippen molar-refractivity contribution in [1.29, 1.82) is 0 Å². The Kier molecular flexibility index (Phi) is 5.49. The monoisotopic (exact) mass is 253 g/mol. The van der Waals surface area contributed by atoms with Gasteiger partial charge in [0.1, 0.15) is 0 Å². The molecule has 1 aliphatic heterocycles. The Labute approximate surface area is 108 Å². The Morgan fingerprint density at radius 3 is 3.18 bits per heavy atom. The van der Waals surface area contributed by atoms with Crippen molar-refractivity contribution >= 4 is 11.3 Å². The molecule has 2 heterocycles. The fraction of sp³-hybridized carbons (Fsp3) is 0.714. The minimum atomic E-state index is 0.622. The molecule has 2 unspecified atom stereocenters. The van der Waals surface area contributed by atoms with Crippen LogP contribution in [0.15, 0.2) is 16.8 Å². The van der Waals surface area contributed by atoms with Gasteiger partial charge in [0.05, 0.1) is 0 Å². The number of rotatable bonds is 7. The fourth-order valence-electron chi connectivity index (χ4n) is 2.45. The van der Waals surface area contributed by atoms with E-state index in [1.165, 1.54) is 31.2 Å². The maximum absolute atomic E-state index is 5.47. The third-order valence-electron chi connectivity index (χ3n) is 3.39. The van der Waals surface area contributed by atoms with Crippen LogP contribution in [0, 0.1) is 5.92 Å². The minimum absolute atomic E-state index is 0.622. The van der Waals surface area contributed by atoms with Crippen LogP contribution in [0.2, 0.25) is 0 Å². The average Bonchev–Trinajstić information content (AvgIpc) is 2.99. The molecule has 0 radical (unpaired) electrons. The quantitative estimate of drug-likeness (QED) is 0.806. The lowest BCUT2D eigenvalue weighted by Gasteiger charge is -2.21. The van der Waals surface area contributed by atoms with Gasteiger partial charge in [0.15, 0.2) is 0 Å². The first-order valence-electron chi connectivity index (χ1n) is 6.70. The summed E-state index contributed by atoms with van der Waals surface area (Å²) in [7, 11) is 0. The minimum Gasteiger partial charge on any atom is -0.381 e. The van der Waals surface area contributed by atoms with E-state index in [1.54, 1.807) is 11.3 Å². The van der Waals surface area contributed by atoms with E-state index in [9.17, 15) is 0 Å². The maximum atomic E-state index is 5.47. The summed E-state index contributed by atoms with van der Waals surface area (Å²) in [5, 5.41) is 8.12. The Morgan fingerprint density at radius 1 is 1.59 bits per heavy atom. The molecule has 0 saturated carbocycles. The molecule has 2 rings (SSSR count).